The van der Waals surface area contributed by atoms with Gasteiger partial charge in [-0.3, -0.25) is 4.79 Å². The fourth-order valence-corrected chi connectivity index (χ4v) is 1.44. The normalized spacial score (nSPS) is 10.8. The molecule has 0 atom stereocenters. The van der Waals surface area contributed by atoms with Gasteiger partial charge in [0.2, 0.25) is 5.91 Å². The predicted molar refractivity (Wildman–Crippen MR) is 72.8 cm³/mol. The lowest BCUT2D eigenvalue weighted by Gasteiger charge is -2.10. The Hall–Kier alpha value is -2.50. The second-order valence-corrected chi connectivity index (χ2v) is 3.92. The van der Waals surface area contributed by atoms with Crippen molar-refractivity contribution in [3.8, 4) is 11.5 Å². The van der Waals surface area contributed by atoms with Crippen LogP contribution in [0.2, 0.25) is 0 Å². The van der Waals surface area contributed by atoms with Gasteiger partial charge >= 0.3 is 5.97 Å². The summed E-state index contributed by atoms with van der Waals surface area (Å²) < 4.78 is 15.1. The molecule has 0 saturated heterocycles. The Morgan fingerprint density at radius 2 is 1.95 bits per heavy atom. The maximum Gasteiger partial charge on any atom is 0.333 e. The second-order valence-electron chi connectivity index (χ2n) is 3.92. The summed E-state index contributed by atoms with van der Waals surface area (Å²) in [7, 11) is 2.77. The molecule has 1 aromatic carbocycles. The van der Waals surface area contributed by atoms with Crippen LogP contribution in [0, 0.1) is 0 Å². The number of benzene rings is 1. The third kappa shape index (κ3) is 4.01. The van der Waals surface area contributed by atoms with E-state index in [9.17, 15) is 9.59 Å². The summed E-state index contributed by atoms with van der Waals surface area (Å²) in [5.74, 6) is -0.113. The molecule has 6 heteroatoms. The van der Waals surface area contributed by atoms with Gasteiger partial charge in [0.1, 0.15) is 6.61 Å². The monoisotopic (exact) mass is 279 g/mol. The molecule has 108 valence electrons. The van der Waals surface area contributed by atoms with Crippen molar-refractivity contribution in [2.75, 3.05) is 20.8 Å². The van der Waals surface area contributed by atoms with Crippen molar-refractivity contribution >= 4 is 11.9 Å². The number of rotatable bonds is 6. The van der Waals surface area contributed by atoms with Crippen molar-refractivity contribution in [1.82, 2.24) is 0 Å². The van der Waals surface area contributed by atoms with Crippen molar-refractivity contribution in [2.24, 2.45) is 5.73 Å². The van der Waals surface area contributed by atoms with E-state index in [1.54, 1.807) is 19.1 Å². The van der Waals surface area contributed by atoms with Gasteiger partial charge in [-0.2, -0.15) is 0 Å². The first-order valence-electron chi connectivity index (χ1n) is 5.85. The number of methoxy groups -OCH3 is 2. The number of ether oxygens (including phenoxy) is 3. The van der Waals surface area contributed by atoms with Crippen LogP contribution in [-0.4, -0.2) is 32.7 Å². The van der Waals surface area contributed by atoms with Gasteiger partial charge < -0.3 is 19.9 Å². The average molecular weight is 279 g/mol. The topological polar surface area (TPSA) is 87.9 Å². The summed E-state index contributed by atoms with van der Waals surface area (Å²) in [4.78, 5) is 22.2. The van der Waals surface area contributed by atoms with Crippen molar-refractivity contribution in [3.63, 3.8) is 0 Å². The van der Waals surface area contributed by atoms with Crippen LogP contribution in [0.15, 0.2) is 29.8 Å². The zero-order chi connectivity index (χ0) is 15.1. The molecule has 2 N–H and O–H groups in total. The molecule has 0 fully saturated rings. The predicted octanol–water partition coefficient (Wildman–Crippen LogP) is 1.29. The molecule has 1 amide bonds. The van der Waals surface area contributed by atoms with Crippen LogP contribution in [0.5, 0.6) is 11.5 Å². The summed E-state index contributed by atoms with van der Waals surface area (Å²) in [5, 5.41) is 0. The van der Waals surface area contributed by atoms with Crippen LogP contribution >= 0.6 is 0 Å². The number of hydrogen-bond acceptors (Lipinski definition) is 5. The van der Waals surface area contributed by atoms with Crippen LogP contribution < -0.4 is 15.2 Å². The molecule has 0 heterocycles. The molecule has 0 aliphatic carbocycles. The van der Waals surface area contributed by atoms with Crippen LogP contribution in [0.3, 0.4) is 0 Å². The van der Waals surface area contributed by atoms with E-state index in [0.29, 0.717) is 22.6 Å². The molecule has 20 heavy (non-hydrogen) atoms. The first-order chi connectivity index (χ1) is 9.49. The summed E-state index contributed by atoms with van der Waals surface area (Å²) in [6.07, 6.45) is 1.59. The van der Waals surface area contributed by atoms with Gasteiger partial charge in [-0.15, -0.1) is 0 Å². The van der Waals surface area contributed by atoms with Gasteiger partial charge in [0.15, 0.2) is 11.5 Å². The Kier molecular flexibility index (Phi) is 5.58. The van der Waals surface area contributed by atoms with Crippen molar-refractivity contribution < 1.29 is 23.8 Å². The molecule has 0 spiro atoms. The van der Waals surface area contributed by atoms with Crippen molar-refractivity contribution in [1.29, 1.82) is 0 Å². The molecule has 1 aromatic rings. The van der Waals surface area contributed by atoms with E-state index in [4.69, 9.17) is 15.2 Å². The maximum atomic E-state index is 11.2. The Morgan fingerprint density at radius 1 is 1.25 bits per heavy atom. The lowest BCUT2D eigenvalue weighted by atomic mass is 10.2. The Bertz CT molecular complexity index is 536. The van der Waals surface area contributed by atoms with Gasteiger partial charge in [0.25, 0.3) is 0 Å². The van der Waals surface area contributed by atoms with Crippen LogP contribution in [0.25, 0.3) is 0 Å². The summed E-state index contributed by atoms with van der Waals surface area (Å²) in [6, 6.07) is 4.62. The van der Waals surface area contributed by atoms with Gasteiger partial charge in [-0.25, -0.2) is 4.79 Å². The molecule has 0 aromatic heterocycles. The smallest absolute Gasteiger partial charge is 0.333 e. The van der Waals surface area contributed by atoms with E-state index in [-0.39, 0.29) is 6.61 Å². The molecule has 0 aliphatic heterocycles. The van der Waals surface area contributed by atoms with Gasteiger partial charge in [0, 0.05) is 11.1 Å². The zero-order valence-corrected chi connectivity index (χ0v) is 11.6. The molecule has 0 saturated carbocycles. The van der Waals surface area contributed by atoms with E-state index < -0.39 is 11.9 Å². The van der Waals surface area contributed by atoms with E-state index in [2.05, 4.69) is 4.74 Å². The van der Waals surface area contributed by atoms with Crippen molar-refractivity contribution in [2.45, 2.75) is 6.92 Å². The van der Waals surface area contributed by atoms with Crippen LogP contribution in [0.1, 0.15) is 17.3 Å². The third-order valence-corrected chi connectivity index (χ3v) is 2.58. The van der Waals surface area contributed by atoms with Crippen molar-refractivity contribution in [3.05, 3.63) is 35.4 Å². The van der Waals surface area contributed by atoms with Crippen LogP contribution in [-0.2, 0) is 9.53 Å². The van der Waals surface area contributed by atoms with Gasteiger partial charge in [-0.1, -0.05) is 0 Å². The highest BCUT2D eigenvalue weighted by atomic mass is 16.5. The molecular formula is C14H17NO5. The summed E-state index contributed by atoms with van der Waals surface area (Å²) in [5.41, 5.74) is 5.95. The largest absolute Gasteiger partial charge is 0.493 e. The average Bonchev–Trinajstić information content (AvgIpc) is 2.46. The van der Waals surface area contributed by atoms with E-state index in [0.717, 1.165) is 0 Å². The van der Waals surface area contributed by atoms with E-state index >= 15 is 0 Å². The highest BCUT2D eigenvalue weighted by Crippen LogP contribution is 2.27. The molecular weight excluding hydrogens is 262 g/mol. The Morgan fingerprint density at radius 3 is 2.50 bits per heavy atom. The molecule has 0 bridgehead atoms. The Labute approximate surface area is 117 Å². The van der Waals surface area contributed by atoms with E-state index in [1.165, 1.54) is 26.4 Å². The highest BCUT2D eigenvalue weighted by Gasteiger charge is 2.09. The highest BCUT2D eigenvalue weighted by molar-refractivity contribution is 5.93. The number of carbonyl (C=O) groups excluding carboxylic acids is 2. The van der Waals surface area contributed by atoms with E-state index in [1.807, 2.05) is 0 Å². The van der Waals surface area contributed by atoms with Crippen LogP contribution in [0.4, 0.5) is 0 Å². The number of esters is 1. The fraction of sp³-hybridized carbons (Fsp3) is 0.286. The quantitative estimate of drug-likeness (QED) is 0.626. The fourth-order valence-electron chi connectivity index (χ4n) is 1.44. The van der Waals surface area contributed by atoms with Gasteiger partial charge in [0.05, 0.1) is 14.2 Å². The lowest BCUT2D eigenvalue weighted by molar-refractivity contribution is -0.136. The number of hydrogen-bond donors (Lipinski definition) is 1. The summed E-state index contributed by atoms with van der Waals surface area (Å²) >= 11 is 0. The molecule has 0 aliphatic rings. The number of primary amides is 1. The second kappa shape index (κ2) is 7.18. The maximum absolute atomic E-state index is 11.2. The third-order valence-electron chi connectivity index (χ3n) is 2.58. The summed E-state index contributed by atoms with van der Waals surface area (Å²) in [6.45, 7) is 1.80. The Balaban J connectivity index is 2.78. The zero-order valence-electron chi connectivity index (χ0n) is 11.6. The minimum atomic E-state index is -0.545. The lowest BCUT2D eigenvalue weighted by Crippen LogP contribution is -2.11. The molecule has 0 radical (unpaired) electrons. The molecule has 6 nitrogen and oxygen atoms in total. The first kappa shape index (κ1) is 15.6. The number of amides is 1. The SMILES string of the molecule is COC(=O)C(C)=CCOc1ccc(C(N)=O)cc1OC. The minimum absolute atomic E-state index is 0.174. The molecule has 0 unspecified atom stereocenters. The van der Waals surface area contributed by atoms with Gasteiger partial charge in [-0.05, 0) is 31.2 Å². The number of nitrogens with two attached hydrogens (primary N) is 1. The molecule has 1 rings (SSSR count). The number of carbonyl (C=O) groups is 2. The minimum Gasteiger partial charge on any atom is -0.493 e. The first-order valence-corrected chi connectivity index (χ1v) is 5.85. The standard InChI is InChI=1S/C14H17NO5/c1-9(14(17)19-3)6-7-20-11-5-4-10(13(15)16)8-12(11)18-2/h4-6,8H,7H2,1-3H3,(H2,15,16).